The van der Waals surface area contributed by atoms with E-state index in [1.807, 2.05) is 38.1 Å². The maximum Gasteiger partial charge on any atom is 0.408 e. The molecule has 0 radical (unpaired) electrons. The number of nitrogens with zero attached hydrogens (tertiary/aromatic N) is 1. The molecule has 0 bridgehead atoms. The lowest BCUT2D eigenvalue weighted by Crippen LogP contribution is -2.51. The lowest BCUT2D eigenvalue weighted by atomic mass is 10.0. The molecule has 0 heterocycles. The van der Waals surface area contributed by atoms with Gasteiger partial charge in [0.05, 0.1) is 7.11 Å². The van der Waals surface area contributed by atoms with Gasteiger partial charge in [0, 0.05) is 12.2 Å². The van der Waals surface area contributed by atoms with Gasteiger partial charge in [-0.2, -0.15) is 0 Å². The Balaban J connectivity index is 2.38. The van der Waals surface area contributed by atoms with E-state index in [0.29, 0.717) is 30.0 Å². The highest BCUT2D eigenvalue weighted by atomic mass is 16.6. The third kappa shape index (κ3) is 8.59. The van der Waals surface area contributed by atoms with Crippen LogP contribution in [0, 0.1) is 6.92 Å². The molecule has 8 nitrogen and oxygen atoms in total. The minimum atomic E-state index is -0.894. The van der Waals surface area contributed by atoms with Crippen LogP contribution >= 0.6 is 0 Å². The van der Waals surface area contributed by atoms with Crippen molar-refractivity contribution in [3.05, 3.63) is 59.7 Å². The van der Waals surface area contributed by atoms with Crippen LogP contribution in [0.4, 0.5) is 10.5 Å². The summed E-state index contributed by atoms with van der Waals surface area (Å²) in [5.74, 6) is -0.0485. The molecule has 196 valence electrons. The molecule has 0 fully saturated rings. The fourth-order valence-corrected chi connectivity index (χ4v) is 3.60. The first kappa shape index (κ1) is 28.7. The van der Waals surface area contributed by atoms with Crippen molar-refractivity contribution in [1.82, 2.24) is 10.2 Å². The van der Waals surface area contributed by atoms with Gasteiger partial charge in [-0.1, -0.05) is 43.2 Å². The smallest absolute Gasteiger partial charge is 0.408 e. The molecule has 0 saturated heterocycles. The van der Waals surface area contributed by atoms with Gasteiger partial charge in [0.1, 0.15) is 23.4 Å². The molecule has 0 aliphatic carbocycles. The van der Waals surface area contributed by atoms with E-state index in [1.54, 1.807) is 59.1 Å². The molecule has 0 aliphatic heterocycles. The number of amides is 3. The molecule has 8 heteroatoms. The minimum absolute atomic E-state index is 0.349. The number of nitrogens with one attached hydrogen (secondary N) is 2. The molecular weight excluding hydrogens is 458 g/mol. The number of unbranched alkanes of at least 4 members (excludes halogenated alkanes) is 1. The Morgan fingerprint density at radius 3 is 2.14 bits per heavy atom. The summed E-state index contributed by atoms with van der Waals surface area (Å²) in [6.07, 6.45) is 0.843. The second-order valence-corrected chi connectivity index (χ2v) is 9.78. The van der Waals surface area contributed by atoms with Gasteiger partial charge in [0.25, 0.3) is 5.91 Å². The fourth-order valence-electron chi connectivity index (χ4n) is 3.60. The first-order valence-corrected chi connectivity index (χ1v) is 12.3. The topological polar surface area (TPSA) is 97.0 Å². The number of rotatable bonds is 10. The van der Waals surface area contributed by atoms with Gasteiger partial charge in [0.15, 0.2) is 0 Å². The molecule has 0 saturated carbocycles. The number of benzene rings is 2. The van der Waals surface area contributed by atoms with Gasteiger partial charge >= 0.3 is 6.09 Å². The highest BCUT2D eigenvalue weighted by Crippen LogP contribution is 2.26. The van der Waals surface area contributed by atoms with Crippen LogP contribution < -0.4 is 15.4 Å². The van der Waals surface area contributed by atoms with Crippen LogP contribution in [0.2, 0.25) is 0 Å². The standard InChI is InChI=1S/C28H39N3O5/c1-8-9-18-31(26(33)20(3)29-27(34)36-28(4,5)6)24(21-12-10-19(2)11-13-21)25(32)30-22-14-16-23(35-7)17-15-22/h10-17,20,24H,8-9,18H2,1-7H3,(H,29,34)(H,30,32). The van der Waals surface area contributed by atoms with E-state index in [9.17, 15) is 14.4 Å². The van der Waals surface area contributed by atoms with E-state index in [2.05, 4.69) is 10.6 Å². The number of hydrogen-bond donors (Lipinski definition) is 2. The molecule has 0 aromatic heterocycles. The molecule has 2 aromatic carbocycles. The molecule has 3 amide bonds. The van der Waals surface area contributed by atoms with Crippen molar-refractivity contribution < 1.29 is 23.9 Å². The van der Waals surface area contributed by atoms with Gasteiger partial charge in [-0.25, -0.2) is 4.79 Å². The highest BCUT2D eigenvalue weighted by Gasteiger charge is 2.34. The predicted octanol–water partition coefficient (Wildman–Crippen LogP) is 5.23. The fraction of sp³-hybridized carbons (Fsp3) is 0.464. The van der Waals surface area contributed by atoms with Crippen LogP contribution in [0.15, 0.2) is 48.5 Å². The van der Waals surface area contributed by atoms with Crippen LogP contribution in [0.1, 0.15) is 64.6 Å². The Morgan fingerprint density at radius 1 is 1.00 bits per heavy atom. The van der Waals surface area contributed by atoms with Crippen LogP contribution in [0.25, 0.3) is 0 Å². The second-order valence-electron chi connectivity index (χ2n) is 9.78. The average Bonchev–Trinajstić information content (AvgIpc) is 2.81. The molecule has 2 rings (SSSR count). The summed E-state index contributed by atoms with van der Waals surface area (Å²) in [4.78, 5) is 41.1. The number of anilines is 1. The summed E-state index contributed by atoms with van der Waals surface area (Å²) in [7, 11) is 1.57. The summed E-state index contributed by atoms with van der Waals surface area (Å²) in [6, 6.07) is 12.7. The number of aryl methyl sites for hydroxylation is 1. The Morgan fingerprint density at radius 2 is 1.61 bits per heavy atom. The van der Waals surface area contributed by atoms with Gasteiger partial charge < -0.3 is 25.0 Å². The maximum absolute atomic E-state index is 13.6. The Labute approximate surface area is 214 Å². The predicted molar refractivity (Wildman–Crippen MR) is 141 cm³/mol. The van der Waals surface area contributed by atoms with Crippen molar-refractivity contribution in [2.24, 2.45) is 0 Å². The van der Waals surface area contributed by atoms with Crippen molar-refractivity contribution in [3.63, 3.8) is 0 Å². The van der Waals surface area contributed by atoms with Crippen molar-refractivity contribution in [3.8, 4) is 5.75 Å². The van der Waals surface area contributed by atoms with E-state index >= 15 is 0 Å². The van der Waals surface area contributed by atoms with E-state index in [-0.39, 0.29) is 11.8 Å². The van der Waals surface area contributed by atoms with Gasteiger partial charge in [-0.05, 0) is 70.9 Å². The summed E-state index contributed by atoms with van der Waals surface area (Å²) < 4.78 is 10.5. The molecular formula is C28H39N3O5. The Bertz CT molecular complexity index is 1010. The largest absolute Gasteiger partial charge is 0.497 e. The van der Waals surface area contributed by atoms with Gasteiger partial charge in [-0.15, -0.1) is 0 Å². The molecule has 2 atom stereocenters. The molecule has 2 unspecified atom stereocenters. The lowest BCUT2D eigenvalue weighted by Gasteiger charge is -2.33. The average molecular weight is 498 g/mol. The Hall–Kier alpha value is -3.55. The van der Waals surface area contributed by atoms with E-state index in [4.69, 9.17) is 9.47 Å². The normalized spacial score (nSPS) is 12.8. The number of alkyl carbamates (subject to hydrolysis) is 1. The molecule has 2 N–H and O–H groups in total. The number of carbonyl (C=O) groups excluding carboxylic acids is 3. The summed E-state index contributed by atoms with van der Waals surface area (Å²) in [5.41, 5.74) is 1.61. The van der Waals surface area contributed by atoms with Crippen molar-refractivity contribution >= 4 is 23.6 Å². The minimum Gasteiger partial charge on any atom is -0.497 e. The first-order valence-electron chi connectivity index (χ1n) is 12.3. The monoisotopic (exact) mass is 497 g/mol. The quantitative estimate of drug-likeness (QED) is 0.469. The van der Waals surface area contributed by atoms with Gasteiger partial charge in [0.2, 0.25) is 5.91 Å². The summed E-state index contributed by atoms with van der Waals surface area (Å²) in [6.45, 7) is 11.2. The number of ether oxygens (including phenoxy) is 2. The van der Waals surface area contributed by atoms with Crippen LogP contribution in [0.5, 0.6) is 5.75 Å². The van der Waals surface area contributed by atoms with Crippen molar-refractivity contribution in [2.45, 2.75) is 72.1 Å². The zero-order valence-corrected chi connectivity index (χ0v) is 22.4. The summed E-state index contributed by atoms with van der Waals surface area (Å²) in [5, 5.41) is 5.54. The number of carbonyl (C=O) groups is 3. The van der Waals surface area contributed by atoms with Gasteiger partial charge in [-0.3, -0.25) is 9.59 Å². The first-order chi connectivity index (χ1) is 16.9. The Kier molecular flexibility index (Phi) is 10.3. The van der Waals surface area contributed by atoms with Crippen molar-refractivity contribution in [1.29, 1.82) is 0 Å². The van der Waals surface area contributed by atoms with Crippen molar-refractivity contribution in [2.75, 3.05) is 19.0 Å². The van der Waals surface area contributed by atoms with E-state index in [1.165, 1.54) is 4.90 Å². The zero-order valence-electron chi connectivity index (χ0n) is 22.4. The summed E-state index contributed by atoms with van der Waals surface area (Å²) >= 11 is 0. The van der Waals surface area contributed by atoms with Crippen LogP contribution in [-0.2, 0) is 14.3 Å². The molecule has 0 aliphatic rings. The van der Waals surface area contributed by atoms with Crippen LogP contribution in [0.3, 0.4) is 0 Å². The third-order valence-electron chi connectivity index (χ3n) is 5.45. The molecule has 2 aromatic rings. The zero-order chi connectivity index (χ0) is 26.9. The second kappa shape index (κ2) is 13.0. The lowest BCUT2D eigenvalue weighted by molar-refractivity contribution is -0.140. The SMILES string of the molecule is CCCCN(C(=O)C(C)NC(=O)OC(C)(C)C)C(C(=O)Nc1ccc(OC)cc1)c1ccc(C)cc1. The third-order valence-corrected chi connectivity index (χ3v) is 5.45. The number of methoxy groups -OCH3 is 1. The number of hydrogen-bond acceptors (Lipinski definition) is 5. The highest BCUT2D eigenvalue weighted by molar-refractivity contribution is 5.99. The van der Waals surface area contributed by atoms with E-state index < -0.39 is 23.8 Å². The molecule has 0 spiro atoms. The van der Waals surface area contributed by atoms with E-state index in [0.717, 1.165) is 12.0 Å². The maximum atomic E-state index is 13.6. The molecule has 36 heavy (non-hydrogen) atoms. The van der Waals surface area contributed by atoms with Crippen LogP contribution in [-0.4, -0.2) is 48.1 Å².